The summed E-state index contributed by atoms with van der Waals surface area (Å²) in [6, 6.07) is 161. The lowest BCUT2D eigenvalue weighted by Gasteiger charge is -2.34. The molecule has 0 amide bonds. The number of rotatable bonds is 36. The lowest BCUT2D eigenvalue weighted by molar-refractivity contribution is 0.105. The number of hydrogen-bond donors (Lipinski definition) is 0. The highest BCUT2D eigenvalue weighted by atomic mass is 16.5. The van der Waals surface area contributed by atoms with Gasteiger partial charge in [0.1, 0.15) is 11.5 Å². The SMILES string of the molecule is C=Cc1ccc(OCCCCCCC2(c3ccccc3)c3ccccc3-c3ccc(N(c4ccc5c(c4)c4ccccc4n5-c4ccc(COCc5ccc(COCc6ccc(-n7c8ccccc8c8cc(N(c9ccc%10c(c9)C(CCCCCCOc9ccc(C=C)cc9)(c9ccccc9)c9ccccc9-%10)c9cccc%10ccccc9%10)ccc87)cc6)cc5)cc4)c4cccc5ccccc45)cc32)cc1. The molecule has 19 aromatic carbocycles. The molecule has 2 aliphatic rings. The maximum absolute atomic E-state index is 6.47. The average Bonchev–Trinajstić information content (AvgIpc) is 1.55. The second-order valence-corrected chi connectivity index (χ2v) is 37.6. The molecule has 0 N–H and O–H groups in total. The van der Waals surface area contributed by atoms with Crippen LogP contribution in [0, 0.1) is 0 Å². The molecule has 8 nitrogen and oxygen atoms in total. The minimum Gasteiger partial charge on any atom is -0.494 e. The van der Waals surface area contributed by atoms with Crippen molar-refractivity contribution in [3.05, 3.63) is 517 Å². The molecule has 682 valence electrons. The van der Waals surface area contributed by atoms with Gasteiger partial charge in [0.2, 0.25) is 0 Å². The highest BCUT2D eigenvalue weighted by molar-refractivity contribution is 6.13. The van der Waals surface area contributed by atoms with E-state index in [-0.39, 0.29) is 10.8 Å². The Kier molecular flexibility index (Phi) is 24.6. The summed E-state index contributed by atoms with van der Waals surface area (Å²) in [5.41, 5.74) is 32.7. The molecule has 2 unspecified atom stereocenters. The highest BCUT2D eigenvalue weighted by Crippen LogP contribution is 2.60. The smallest absolute Gasteiger partial charge is 0.119 e. The number of fused-ring (bicyclic) bond motifs is 14. The number of hydrogen-bond acceptors (Lipinski definition) is 6. The van der Waals surface area contributed by atoms with Gasteiger partial charge in [0.15, 0.2) is 0 Å². The molecule has 0 aliphatic heterocycles. The van der Waals surface area contributed by atoms with E-state index in [2.05, 4.69) is 445 Å². The molecule has 2 aromatic heterocycles. The number of ether oxygens (including phenoxy) is 4. The van der Waals surface area contributed by atoms with Crippen molar-refractivity contribution in [2.75, 3.05) is 23.0 Å². The Morgan fingerprint density at radius 2 is 0.579 bits per heavy atom. The van der Waals surface area contributed by atoms with Crippen molar-refractivity contribution >= 4 is 111 Å². The van der Waals surface area contributed by atoms with E-state index < -0.39 is 0 Å². The average molecular weight is 1820 g/mol. The summed E-state index contributed by atoms with van der Waals surface area (Å²) in [4.78, 5) is 5.02. The first kappa shape index (κ1) is 87.9. The summed E-state index contributed by atoms with van der Waals surface area (Å²) in [6.07, 6.45) is 14.2. The predicted molar refractivity (Wildman–Crippen MR) is 583 cm³/mol. The number of para-hydroxylation sites is 2. The third-order valence-corrected chi connectivity index (χ3v) is 29.3. The van der Waals surface area contributed by atoms with Crippen LogP contribution in [0.5, 0.6) is 11.5 Å². The van der Waals surface area contributed by atoms with Crippen molar-refractivity contribution in [2.45, 2.75) is 101 Å². The Morgan fingerprint density at radius 3 is 0.993 bits per heavy atom. The van der Waals surface area contributed by atoms with Gasteiger partial charge < -0.3 is 37.9 Å². The second kappa shape index (κ2) is 39.2. The molecule has 0 radical (unpaired) electrons. The molecule has 0 saturated heterocycles. The zero-order chi connectivity index (χ0) is 93.7. The van der Waals surface area contributed by atoms with Crippen molar-refractivity contribution in [2.24, 2.45) is 0 Å². The molecule has 2 atom stereocenters. The summed E-state index contributed by atoms with van der Waals surface area (Å²) in [6.45, 7) is 11.2. The number of unbranched alkanes of at least 4 members (excludes halogenated alkanes) is 6. The number of anilines is 6. The molecule has 0 fully saturated rings. The van der Waals surface area contributed by atoms with Crippen LogP contribution in [0.4, 0.5) is 34.1 Å². The number of benzene rings is 19. The second-order valence-electron chi connectivity index (χ2n) is 37.6. The van der Waals surface area contributed by atoms with Gasteiger partial charge in [-0.25, -0.2) is 0 Å². The van der Waals surface area contributed by atoms with Crippen molar-refractivity contribution in [1.82, 2.24) is 9.13 Å². The summed E-state index contributed by atoms with van der Waals surface area (Å²) < 4.78 is 30.2. The molecule has 8 heteroatoms. The van der Waals surface area contributed by atoms with E-state index in [1.165, 1.54) is 98.7 Å². The maximum Gasteiger partial charge on any atom is 0.119 e. The number of aromatic nitrogens is 2. The van der Waals surface area contributed by atoms with Gasteiger partial charge in [-0.05, 0) is 259 Å². The van der Waals surface area contributed by atoms with Crippen LogP contribution in [-0.4, -0.2) is 22.3 Å². The van der Waals surface area contributed by atoms with E-state index in [0.717, 1.165) is 177 Å². The van der Waals surface area contributed by atoms with Gasteiger partial charge in [-0.1, -0.05) is 367 Å². The van der Waals surface area contributed by atoms with Crippen molar-refractivity contribution < 1.29 is 18.9 Å². The summed E-state index contributed by atoms with van der Waals surface area (Å²) >= 11 is 0. The van der Waals surface area contributed by atoms with Crippen LogP contribution in [0.1, 0.15) is 131 Å². The van der Waals surface area contributed by atoms with Crippen LogP contribution in [0.15, 0.2) is 450 Å². The van der Waals surface area contributed by atoms with Gasteiger partial charge in [-0.3, -0.25) is 0 Å². The molecule has 0 bridgehead atoms. The summed E-state index contributed by atoms with van der Waals surface area (Å²) in [5.74, 6) is 1.81. The summed E-state index contributed by atoms with van der Waals surface area (Å²) in [5, 5.41) is 9.53. The molecule has 2 heterocycles. The van der Waals surface area contributed by atoms with Crippen LogP contribution in [0.3, 0.4) is 0 Å². The normalized spacial score (nSPS) is 14.1. The molecule has 21 aromatic rings. The number of nitrogens with zero attached hydrogens (tertiary/aromatic N) is 4. The quantitative estimate of drug-likeness (QED) is 0.0365. The van der Waals surface area contributed by atoms with E-state index >= 15 is 0 Å². The molecule has 140 heavy (non-hydrogen) atoms. The fraction of sp³-hybridized carbons (Fsp3) is 0.136. The van der Waals surface area contributed by atoms with E-state index in [1.807, 2.05) is 36.4 Å². The fourth-order valence-corrected chi connectivity index (χ4v) is 22.6. The van der Waals surface area contributed by atoms with E-state index in [1.54, 1.807) is 0 Å². The predicted octanol–water partition coefficient (Wildman–Crippen LogP) is 34.5. The molecule has 2 aliphatic carbocycles. The van der Waals surface area contributed by atoms with Crippen LogP contribution >= 0.6 is 0 Å². The largest absolute Gasteiger partial charge is 0.494 e. The Balaban J connectivity index is 0.460. The first-order valence-corrected chi connectivity index (χ1v) is 49.7. The van der Waals surface area contributed by atoms with Gasteiger partial charge in [-0.2, -0.15) is 0 Å². The minimum atomic E-state index is -0.371. The third kappa shape index (κ3) is 16.8. The third-order valence-electron chi connectivity index (χ3n) is 29.3. The molecular weight excluding hydrogens is 1710 g/mol. The zero-order valence-corrected chi connectivity index (χ0v) is 78.9. The first-order chi connectivity index (χ1) is 69.3. The zero-order valence-electron chi connectivity index (χ0n) is 78.9. The highest BCUT2D eigenvalue weighted by Gasteiger charge is 2.47. The van der Waals surface area contributed by atoms with Crippen molar-refractivity contribution in [3.8, 4) is 45.1 Å². The lowest BCUT2D eigenvalue weighted by Crippen LogP contribution is -2.27. The summed E-state index contributed by atoms with van der Waals surface area (Å²) in [7, 11) is 0. The lowest BCUT2D eigenvalue weighted by atomic mass is 9.69. The topological polar surface area (TPSA) is 53.3 Å². The Morgan fingerprint density at radius 1 is 0.250 bits per heavy atom. The van der Waals surface area contributed by atoms with Crippen LogP contribution < -0.4 is 19.3 Å². The van der Waals surface area contributed by atoms with Gasteiger partial charge in [0, 0.05) is 77.3 Å². The molecule has 23 rings (SSSR count). The maximum atomic E-state index is 6.47. The van der Waals surface area contributed by atoms with E-state index in [4.69, 9.17) is 18.9 Å². The van der Waals surface area contributed by atoms with Gasteiger partial charge in [-0.15, -0.1) is 0 Å². The monoisotopic (exact) mass is 1810 g/mol. The van der Waals surface area contributed by atoms with Crippen LogP contribution in [0.25, 0.3) is 111 Å². The Labute approximate surface area is 820 Å². The van der Waals surface area contributed by atoms with Gasteiger partial charge in [0.25, 0.3) is 0 Å². The van der Waals surface area contributed by atoms with Gasteiger partial charge >= 0.3 is 0 Å². The first-order valence-electron chi connectivity index (χ1n) is 49.7. The minimum absolute atomic E-state index is 0.371. The van der Waals surface area contributed by atoms with Crippen molar-refractivity contribution in [3.63, 3.8) is 0 Å². The fourth-order valence-electron chi connectivity index (χ4n) is 22.6. The van der Waals surface area contributed by atoms with Gasteiger partial charge in [0.05, 0.1) is 73.1 Å². The molecule has 0 saturated carbocycles. The van der Waals surface area contributed by atoms with Crippen LogP contribution in [0.2, 0.25) is 0 Å². The van der Waals surface area contributed by atoms with E-state index in [0.29, 0.717) is 39.6 Å². The Hall–Kier alpha value is -16.1. The van der Waals surface area contributed by atoms with Crippen LogP contribution in [-0.2, 0) is 46.7 Å². The van der Waals surface area contributed by atoms with E-state index in [9.17, 15) is 0 Å². The standard InChI is InChI=1S/C132H110N4O4/c1-3-93-61-73-109(74-62-93)139-83-29-7-5-27-81-131(101-37-11-9-12-38-101)121-47-23-19-43-113(121)115-77-69-107(87-123(115)131)133(125-51-31-35-99-33-15-17-41-111(99)125)105-71-79-129-119(85-105)117-45-21-25-49-127(117)135(129)103-65-57-97(58-66-103)91-137-89-95-53-55-96(56-54-95)90-138-92-98-59-67-104(68-60-98)136-128-50-26-22-46-118(128)120-86-106(72-80-130(120)136)134(126-52-32-36-100-34-16-18-42-112(100)126)108-70-78-116-114-44-20-24-48-122(114)132(124(116)88-108,102-39-13-10-14-40-102)82-28-6-8-30-84-140-110-75-63-94(4-2)64-76-110/h3-4,9-26,31-80,85-88H,1-2,5-8,27-30,81-84,89-92H2. The molecular formula is C132H110N4O4. The van der Waals surface area contributed by atoms with Crippen molar-refractivity contribution in [1.29, 1.82) is 0 Å². The Bertz CT molecular complexity index is 7620. The molecule has 0 spiro atoms.